The second-order valence-electron chi connectivity index (χ2n) is 6.68. The second-order valence-corrected chi connectivity index (χ2v) is 6.68. The number of rotatable bonds is 7. The quantitative estimate of drug-likeness (QED) is 0.514. The Morgan fingerprint density at radius 1 is 1.12 bits per heavy atom. The maximum absolute atomic E-state index is 12.6. The van der Waals surface area contributed by atoms with Crippen LogP contribution in [0.4, 0.5) is 0 Å². The highest BCUT2D eigenvalue weighted by Gasteiger charge is 2.23. The summed E-state index contributed by atoms with van der Waals surface area (Å²) in [6.07, 6.45) is 5.21. The largest absolute Gasteiger partial charge is 0.462 e. The summed E-state index contributed by atoms with van der Waals surface area (Å²) in [6.45, 7) is 4.84. The van der Waals surface area contributed by atoms with E-state index in [0.717, 1.165) is 35.5 Å². The van der Waals surface area contributed by atoms with Gasteiger partial charge in [-0.3, -0.25) is 0 Å². The van der Waals surface area contributed by atoms with Crippen molar-refractivity contribution in [3.8, 4) is 11.5 Å². The van der Waals surface area contributed by atoms with Gasteiger partial charge in [0.05, 0.1) is 12.2 Å². The summed E-state index contributed by atoms with van der Waals surface area (Å²) < 4.78 is 11.6. The Morgan fingerprint density at radius 3 is 2.72 bits per heavy atom. The highest BCUT2D eigenvalue weighted by molar-refractivity contribution is 5.92. The van der Waals surface area contributed by atoms with Crippen LogP contribution in [-0.2, 0) is 11.2 Å². The second kappa shape index (κ2) is 8.19. The maximum Gasteiger partial charge on any atom is 0.338 e. The first-order chi connectivity index (χ1) is 12.2. The number of para-hydroxylation sites is 1. The Labute approximate surface area is 150 Å². The molecule has 0 spiro atoms. The van der Waals surface area contributed by atoms with E-state index in [2.05, 4.69) is 13.8 Å². The lowest BCUT2D eigenvalue weighted by Crippen LogP contribution is -2.16. The van der Waals surface area contributed by atoms with Gasteiger partial charge >= 0.3 is 5.97 Å². The molecule has 3 rings (SSSR count). The monoisotopic (exact) mass is 338 g/mol. The molecule has 0 radical (unpaired) electrons. The molecule has 0 aromatic heterocycles. The molecular weight excluding hydrogens is 312 g/mol. The number of unbranched alkanes of at least 4 members (excludes halogenated alkanes) is 1. The molecule has 0 amide bonds. The topological polar surface area (TPSA) is 35.5 Å². The minimum Gasteiger partial charge on any atom is -0.462 e. The number of carbonyl (C=O) groups excluding carboxylic acids is 1. The molecule has 1 aliphatic heterocycles. The highest BCUT2D eigenvalue weighted by Crippen LogP contribution is 2.38. The zero-order valence-electron chi connectivity index (χ0n) is 15.1. The molecular formula is C22H26O3. The number of esters is 1. The van der Waals surface area contributed by atoms with Crippen LogP contribution in [0.15, 0.2) is 42.5 Å². The van der Waals surface area contributed by atoms with Crippen molar-refractivity contribution in [2.45, 2.75) is 46.0 Å². The van der Waals surface area contributed by atoms with Gasteiger partial charge in [0.25, 0.3) is 0 Å². The van der Waals surface area contributed by atoms with Crippen molar-refractivity contribution in [2.24, 2.45) is 5.92 Å². The van der Waals surface area contributed by atoms with Crippen LogP contribution in [0.3, 0.4) is 0 Å². The molecule has 2 aromatic rings. The maximum atomic E-state index is 12.6. The van der Waals surface area contributed by atoms with E-state index in [1.165, 1.54) is 12.8 Å². The lowest BCUT2D eigenvalue weighted by molar-refractivity contribution is 0.0426. The van der Waals surface area contributed by atoms with E-state index in [1.807, 2.05) is 42.5 Å². The van der Waals surface area contributed by atoms with Gasteiger partial charge in [0.2, 0.25) is 0 Å². The summed E-state index contributed by atoms with van der Waals surface area (Å²) in [7, 11) is 0. The van der Waals surface area contributed by atoms with Crippen molar-refractivity contribution in [3.63, 3.8) is 0 Å². The van der Waals surface area contributed by atoms with Gasteiger partial charge in [-0.1, -0.05) is 57.4 Å². The number of fused-ring (bicyclic) bond motifs is 2. The number of hydrogen-bond acceptors (Lipinski definition) is 3. The van der Waals surface area contributed by atoms with E-state index in [1.54, 1.807) is 0 Å². The van der Waals surface area contributed by atoms with Crippen LogP contribution in [0.5, 0.6) is 11.5 Å². The van der Waals surface area contributed by atoms with Gasteiger partial charge < -0.3 is 9.47 Å². The minimum absolute atomic E-state index is 0.241. The van der Waals surface area contributed by atoms with Crippen LogP contribution in [0.1, 0.15) is 61.0 Å². The minimum atomic E-state index is -0.241. The number of ether oxygens (including phenoxy) is 2. The van der Waals surface area contributed by atoms with Crippen molar-refractivity contribution in [1.82, 2.24) is 0 Å². The van der Waals surface area contributed by atoms with Crippen molar-refractivity contribution in [3.05, 3.63) is 59.2 Å². The first-order valence-electron chi connectivity index (χ1n) is 9.27. The third-order valence-corrected chi connectivity index (χ3v) is 4.91. The Bertz CT molecular complexity index is 736. The predicted molar refractivity (Wildman–Crippen MR) is 99.4 cm³/mol. The molecule has 3 heteroatoms. The molecule has 0 N–H and O–H groups in total. The molecule has 0 aliphatic carbocycles. The van der Waals surface area contributed by atoms with Gasteiger partial charge in [-0.15, -0.1) is 0 Å². The predicted octanol–water partition coefficient (Wildman–Crippen LogP) is 5.76. The third kappa shape index (κ3) is 4.04. The molecule has 0 saturated heterocycles. The molecule has 1 unspecified atom stereocenters. The van der Waals surface area contributed by atoms with E-state index < -0.39 is 0 Å². The SMILES string of the molecule is CCCCC(CC)COC(=O)c1cccc2c1Cc1ccccc1O2. The molecule has 1 heterocycles. The average molecular weight is 338 g/mol. The molecule has 0 bridgehead atoms. The highest BCUT2D eigenvalue weighted by atomic mass is 16.5. The molecule has 3 nitrogen and oxygen atoms in total. The van der Waals surface area contributed by atoms with E-state index in [0.29, 0.717) is 24.5 Å². The first kappa shape index (κ1) is 17.5. The van der Waals surface area contributed by atoms with E-state index in [4.69, 9.17) is 9.47 Å². The van der Waals surface area contributed by atoms with Crippen molar-refractivity contribution in [1.29, 1.82) is 0 Å². The molecule has 2 aromatic carbocycles. The van der Waals surface area contributed by atoms with Gasteiger partial charge in [-0.2, -0.15) is 0 Å². The standard InChI is InChI=1S/C22H26O3/c1-3-5-9-16(4-2)15-24-22(23)18-11-8-13-21-19(18)14-17-10-6-7-12-20(17)25-21/h6-8,10-13,16H,3-5,9,14-15H2,1-2H3. The lowest BCUT2D eigenvalue weighted by atomic mass is 9.96. The smallest absolute Gasteiger partial charge is 0.338 e. The van der Waals surface area contributed by atoms with Crippen molar-refractivity contribution >= 4 is 5.97 Å². The first-order valence-corrected chi connectivity index (χ1v) is 9.27. The van der Waals surface area contributed by atoms with Crippen molar-refractivity contribution in [2.75, 3.05) is 6.61 Å². The van der Waals surface area contributed by atoms with E-state index in [9.17, 15) is 4.79 Å². The van der Waals surface area contributed by atoms with Gasteiger partial charge in [-0.05, 0) is 36.1 Å². The fraction of sp³-hybridized carbons (Fsp3) is 0.409. The summed E-state index contributed by atoms with van der Waals surface area (Å²) in [5.74, 6) is 1.83. The van der Waals surface area contributed by atoms with Gasteiger partial charge in [-0.25, -0.2) is 4.79 Å². The van der Waals surface area contributed by atoms with Crippen LogP contribution < -0.4 is 4.74 Å². The Morgan fingerprint density at radius 2 is 1.92 bits per heavy atom. The molecule has 0 fully saturated rings. The fourth-order valence-corrected chi connectivity index (χ4v) is 3.26. The number of carbonyl (C=O) groups is 1. The zero-order valence-corrected chi connectivity index (χ0v) is 15.1. The van der Waals surface area contributed by atoms with Crippen LogP contribution in [0.25, 0.3) is 0 Å². The summed E-state index contributed by atoms with van der Waals surface area (Å²) >= 11 is 0. The molecule has 0 saturated carbocycles. The number of hydrogen-bond donors (Lipinski definition) is 0. The lowest BCUT2D eigenvalue weighted by Gasteiger charge is -2.22. The molecule has 1 atom stereocenters. The van der Waals surface area contributed by atoms with E-state index in [-0.39, 0.29) is 5.97 Å². The van der Waals surface area contributed by atoms with Crippen LogP contribution in [0, 0.1) is 5.92 Å². The summed E-state index contributed by atoms with van der Waals surface area (Å²) in [5, 5.41) is 0. The Hall–Kier alpha value is -2.29. The molecule has 25 heavy (non-hydrogen) atoms. The van der Waals surface area contributed by atoms with Crippen LogP contribution >= 0.6 is 0 Å². The average Bonchev–Trinajstić information content (AvgIpc) is 2.65. The Balaban J connectivity index is 1.72. The van der Waals surface area contributed by atoms with E-state index >= 15 is 0 Å². The summed E-state index contributed by atoms with van der Waals surface area (Å²) in [5.41, 5.74) is 2.65. The van der Waals surface area contributed by atoms with Gasteiger partial charge in [0, 0.05) is 12.0 Å². The zero-order chi connectivity index (χ0) is 17.6. The summed E-state index contributed by atoms with van der Waals surface area (Å²) in [4.78, 5) is 12.6. The summed E-state index contributed by atoms with van der Waals surface area (Å²) in [6, 6.07) is 13.6. The van der Waals surface area contributed by atoms with Crippen LogP contribution in [0.2, 0.25) is 0 Å². The Kier molecular flexibility index (Phi) is 5.75. The van der Waals surface area contributed by atoms with Gasteiger partial charge in [0.1, 0.15) is 11.5 Å². The van der Waals surface area contributed by atoms with Crippen LogP contribution in [-0.4, -0.2) is 12.6 Å². The number of benzene rings is 2. The van der Waals surface area contributed by atoms with Gasteiger partial charge in [0.15, 0.2) is 0 Å². The third-order valence-electron chi connectivity index (χ3n) is 4.91. The normalized spacial score (nSPS) is 13.4. The fourth-order valence-electron chi connectivity index (χ4n) is 3.26. The molecule has 1 aliphatic rings. The molecule has 132 valence electrons. The van der Waals surface area contributed by atoms with Crippen molar-refractivity contribution < 1.29 is 14.3 Å².